The topological polar surface area (TPSA) is 79.6 Å². The van der Waals surface area contributed by atoms with Crippen LogP contribution >= 0.6 is 35.0 Å². The first-order valence-corrected chi connectivity index (χ1v) is 9.05. The van der Waals surface area contributed by atoms with Crippen molar-refractivity contribution in [3.05, 3.63) is 62.9 Å². The zero-order valence-corrected chi connectivity index (χ0v) is 15.5. The number of imide groups is 1. The average molecular weight is 411 g/mol. The predicted octanol–water partition coefficient (Wildman–Crippen LogP) is 4.05. The third kappa shape index (κ3) is 4.12. The summed E-state index contributed by atoms with van der Waals surface area (Å²) in [5.74, 6) is -0.662. The van der Waals surface area contributed by atoms with E-state index >= 15 is 0 Å². The minimum atomic E-state index is -0.418. The van der Waals surface area contributed by atoms with E-state index in [9.17, 15) is 14.4 Å². The molecule has 3 rings (SSSR count). The summed E-state index contributed by atoms with van der Waals surface area (Å²) in [6.45, 7) is 0.188. The lowest BCUT2D eigenvalue weighted by Crippen LogP contribution is -2.37. The molecule has 0 atom stereocenters. The first kappa shape index (κ1) is 18.6. The number of carbonyl (C=O) groups is 3. The third-order valence-electron chi connectivity index (χ3n) is 3.48. The highest BCUT2D eigenvalue weighted by Gasteiger charge is 2.34. The molecule has 0 aliphatic carbocycles. The van der Waals surface area contributed by atoms with E-state index in [1.165, 1.54) is 12.3 Å². The maximum atomic E-state index is 12.4. The van der Waals surface area contributed by atoms with Crippen molar-refractivity contribution in [3.63, 3.8) is 0 Å². The predicted molar refractivity (Wildman–Crippen MR) is 100 cm³/mol. The summed E-state index contributed by atoms with van der Waals surface area (Å²) in [6, 6.07) is 8.05. The normalized spacial score (nSPS) is 15.8. The van der Waals surface area contributed by atoms with Crippen LogP contribution in [-0.2, 0) is 4.79 Å². The number of hydrogen-bond acceptors (Lipinski definition) is 5. The quantitative estimate of drug-likeness (QED) is 0.751. The molecule has 9 heteroatoms. The fourth-order valence-corrected chi connectivity index (χ4v) is 3.39. The number of hydrogen-bond donors (Lipinski definition) is 1. The molecule has 3 amide bonds. The lowest BCUT2D eigenvalue weighted by atomic mass is 10.2. The maximum Gasteiger partial charge on any atom is 0.293 e. The van der Waals surface area contributed by atoms with Crippen LogP contribution in [0, 0.1) is 0 Å². The van der Waals surface area contributed by atoms with E-state index in [2.05, 4.69) is 5.32 Å². The van der Waals surface area contributed by atoms with Crippen LogP contribution in [0.2, 0.25) is 10.0 Å². The molecule has 1 aromatic carbocycles. The van der Waals surface area contributed by atoms with Crippen molar-refractivity contribution in [2.75, 3.05) is 13.1 Å². The Morgan fingerprint density at radius 1 is 1.23 bits per heavy atom. The molecule has 1 N–H and O–H groups in total. The van der Waals surface area contributed by atoms with E-state index in [4.69, 9.17) is 27.6 Å². The first-order chi connectivity index (χ1) is 12.5. The van der Waals surface area contributed by atoms with Crippen LogP contribution < -0.4 is 5.32 Å². The van der Waals surface area contributed by atoms with Crippen LogP contribution in [0.1, 0.15) is 16.1 Å². The van der Waals surface area contributed by atoms with E-state index in [0.717, 1.165) is 16.7 Å². The van der Waals surface area contributed by atoms with Crippen LogP contribution in [0.25, 0.3) is 6.08 Å². The van der Waals surface area contributed by atoms with Crippen molar-refractivity contribution in [3.8, 4) is 0 Å². The molecule has 0 spiro atoms. The Labute approximate surface area is 163 Å². The highest BCUT2D eigenvalue weighted by Crippen LogP contribution is 2.33. The van der Waals surface area contributed by atoms with Gasteiger partial charge in [0.15, 0.2) is 5.76 Å². The summed E-state index contributed by atoms with van der Waals surface area (Å²) in [6.07, 6.45) is 2.97. The molecular weight excluding hydrogens is 399 g/mol. The van der Waals surface area contributed by atoms with Gasteiger partial charge in [0.1, 0.15) is 0 Å². The van der Waals surface area contributed by atoms with Crippen molar-refractivity contribution in [2.24, 2.45) is 0 Å². The molecule has 2 heterocycles. The van der Waals surface area contributed by atoms with Gasteiger partial charge in [0, 0.05) is 13.1 Å². The largest absolute Gasteiger partial charge is 0.459 e. The molecule has 1 aliphatic heterocycles. The molecule has 26 heavy (non-hydrogen) atoms. The number of nitrogens with one attached hydrogen (secondary N) is 1. The van der Waals surface area contributed by atoms with Crippen LogP contribution in [0.15, 0.2) is 45.9 Å². The van der Waals surface area contributed by atoms with E-state index in [1.54, 1.807) is 30.3 Å². The van der Waals surface area contributed by atoms with Crippen LogP contribution in [-0.4, -0.2) is 35.0 Å². The van der Waals surface area contributed by atoms with Crippen molar-refractivity contribution < 1.29 is 18.8 Å². The van der Waals surface area contributed by atoms with Gasteiger partial charge in [-0.25, -0.2) is 0 Å². The zero-order chi connectivity index (χ0) is 18.7. The van der Waals surface area contributed by atoms with Gasteiger partial charge in [0.2, 0.25) is 0 Å². The molecule has 0 unspecified atom stereocenters. The molecule has 1 saturated heterocycles. The Bertz CT molecular complexity index is 896. The molecule has 1 fully saturated rings. The van der Waals surface area contributed by atoms with Crippen molar-refractivity contribution >= 4 is 58.1 Å². The minimum Gasteiger partial charge on any atom is -0.459 e. The monoisotopic (exact) mass is 410 g/mol. The molecule has 0 bridgehead atoms. The highest BCUT2D eigenvalue weighted by molar-refractivity contribution is 8.18. The van der Waals surface area contributed by atoms with Gasteiger partial charge in [0.25, 0.3) is 17.1 Å². The van der Waals surface area contributed by atoms with E-state index < -0.39 is 17.1 Å². The summed E-state index contributed by atoms with van der Waals surface area (Å²) >= 11 is 12.7. The Balaban J connectivity index is 1.62. The average Bonchev–Trinajstić information content (AvgIpc) is 3.22. The number of rotatable bonds is 5. The second kappa shape index (κ2) is 7.99. The van der Waals surface area contributed by atoms with Gasteiger partial charge in [-0.1, -0.05) is 29.3 Å². The van der Waals surface area contributed by atoms with Gasteiger partial charge in [-0.2, -0.15) is 0 Å². The summed E-state index contributed by atoms with van der Waals surface area (Å²) in [7, 11) is 0. The van der Waals surface area contributed by atoms with Crippen LogP contribution in [0.4, 0.5) is 4.79 Å². The minimum absolute atomic E-state index is 0.0653. The molecule has 2 aromatic rings. The lowest BCUT2D eigenvalue weighted by Gasteiger charge is -2.12. The Hall–Kier alpha value is -2.22. The van der Waals surface area contributed by atoms with Gasteiger partial charge in [-0.3, -0.25) is 19.3 Å². The highest BCUT2D eigenvalue weighted by atomic mass is 35.5. The van der Waals surface area contributed by atoms with Crippen molar-refractivity contribution in [1.82, 2.24) is 10.2 Å². The number of benzene rings is 1. The number of amides is 3. The summed E-state index contributed by atoms with van der Waals surface area (Å²) in [4.78, 5) is 37.6. The lowest BCUT2D eigenvalue weighted by molar-refractivity contribution is -0.122. The smallest absolute Gasteiger partial charge is 0.293 e. The van der Waals surface area contributed by atoms with E-state index in [1.807, 2.05) is 0 Å². The molecule has 0 saturated carbocycles. The Morgan fingerprint density at radius 3 is 2.73 bits per heavy atom. The second-order valence-electron chi connectivity index (χ2n) is 5.24. The maximum absolute atomic E-state index is 12.4. The molecule has 1 aromatic heterocycles. The Morgan fingerprint density at radius 2 is 2.04 bits per heavy atom. The second-order valence-corrected chi connectivity index (χ2v) is 7.05. The molecule has 134 valence electrons. The van der Waals surface area contributed by atoms with Gasteiger partial charge in [-0.05, 0) is 47.7 Å². The van der Waals surface area contributed by atoms with E-state index in [-0.39, 0.29) is 23.8 Å². The number of carbonyl (C=O) groups excluding carboxylic acids is 3. The van der Waals surface area contributed by atoms with Crippen LogP contribution in [0.3, 0.4) is 0 Å². The molecular formula is C17H12Cl2N2O4S. The number of thioether (sulfide) groups is 1. The Kier molecular flexibility index (Phi) is 5.70. The van der Waals surface area contributed by atoms with Gasteiger partial charge in [-0.15, -0.1) is 0 Å². The SMILES string of the molecule is O=C(NCCN1C(=O)S/C(=C\c2ccc(Cl)c(Cl)c2)C1=O)c1ccco1. The first-order valence-electron chi connectivity index (χ1n) is 7.48. The van der Waals surface area contributed by atoms with Crippen molar-refractivity contribution in [1.29, 1.82) is 0 Å². The fraction of sp³-hybridized carbons (Fsp3) is 0.118. The third-order valence-corrected chi connectivity index (χ3v) is 5.13. The molecule has 1 aliphatic rings. The zero-order valence-electron chi connectivity index (χ0n) is 13.2. The van der Waals surface area contributed by atoms with Gasteiger partial charge < -0.3 is 9.73 Å². The summed E-state index contributed by atoms with van der Waals surface area (Å²) in [5.41, 5.74) is 0.663. The number of halogens is 2. The number of nitrogens with zero attached hydrogens (tertiary/aromatic N) is 1. The molecule has 0 radical (unpaired) electrons. The molecule has 6 nitrogen and oxygen atoms in total. The number of furan rings is 1. The standard InChI is InChI=1S/C17H12Cl2N2O4S/c18-11-4-3-10(8-12(11)19)9-14-16(23)21(17(24)26-14)6-5-20-15(22)13-2-1-7-25-13/h1-4,7-9H,5-6H2,(H,20,22)/b14-9-. The van der Waals surface area contributed by atoms with Crippen LogP contribution in [0.5, 0.6) is 0 Å². The van der Waals surface area contributed by atoms with Crippen molar-refractivity contribution in [2.45, 2.75) is 0 Å². The van der Waals surface area contributed by atoms with E-state index in [0.29, 0.717) is 15.6 Å². The van der Waals surface area contributed by atoms with Gasteiger partial charge >= 0.3 is 0 Å². The fourth-order valence-electron chi connectivity index (χ4n) is 2.22. The summed E-state index contributed by atoms with van der Waals surface area (Å²) < 4.78 is 4.97. The van der Waals surface area contributed by atoms with Gasteiger partial charge in [0.05, 0.1) is 21.2 Å². The summed E-state index contributed by atoms with van der Waals surface area (Å²) in [5, 5.41) is 2.96.